The van der Waals surface area contributed by atoms with Gasteiger partial charge in [-0.05, 0) is 13.3 Å². The first-order valence-corrected chi connectivity index (χ1v) is 5.01. The average molecular weight is 185 g/mol. The molecular formula is C10H19NO2. The van der Waals surface area contributed by atoms with Crippen molar-refractivity contribution in [3.63, 3.8) is 0 Å². The van der Waals surface area contributed by atoms with Crippen LogP contribution in [0.4, 0.5) is 0 Å². The van der Waals surface area contributed by atoms with Gasteiger partial charge in [-0.15, -0.1) is 0 Å². The maximum absolute atomic E-state index is 11.6. The van der Waals surface area contributed by atoms with E-state index in [0.29, 0.717) is 12.7 Å². The predicted molar refractivity (Wildman–Crippen MR) is 51.4 cm³/mol. The van der Waals surface area contributed by atoms with Crippen molar-refractivity contribution in [3.05, 3.63) is 0 Å². The molecule has 13 heavy (non-hydrogen) atoms. The number of amides is 1. The lowest BCUT2D eigenvalue weighted by atomic mass is 10.2. The third-order valence-corrected chi connectivity index (χ3v) is 2.37. The van der Waals surface area contributed by atoms with Gasteiger partial charge in [0.2, 0.25) is 5.91 Å². The number of hydrogen-bond acceptors (Lipinski definition) is 2. The van der Waals surface area contributed by atoms with E-state index < -0.39 is 0 Å². The Morgan fingerprint density at radius 3 is 2.77 bits per heavy atom. The van der Waals surface area contributed by atoms with Crippen LogP contribution in [0.15, 0.2) is 0 Å². The minimum Gasteiger partial charge on any atom is -0.377 e. The molecule has 1 unspecified atom stereocenters. The van der Waals surface area contributed by atoms with Gasteiger partial charge < -0.3 is 9.64 Å². The summed E-state index contributed by atoms with van der Waals surface area (Å²) in [5.74, 6) is 0.353. The van der Waals surface area contributed by atoms with Crippen molar-refractivity contribution >= 4 is 5.91 Å². The molecule has 3 heteroatoms. The quantitative estimate of drug-likeness (QED) is 0.616. The molecule has 76 valence electrons. The summed E-state index contributed by atoms with van der Waals surface area (Å²) in [5, 5.41) is 0. The second-order valence-corrected chi connectivity index (χ2v) is 3.95. The molecule has 0 aromatic carbocycles. The van der Waals surface area contributed by atoms with Crippen molar-refractivity contribution in [2.75, 3.05) is 19.7 Å². The molecule has 0 bridgehead atoms. The van der Waals surface area contributed by atoms with E-state index in [4.69, 9.17) is 4.74 Å². The fourth-order valence-corrected chi connectivity index (χ4v) is 1.48. The van der Waals surface area contributed by atoms with Gasteiger partial charge >= 0.3 is 0 Å². The van der Waals surface area contributed by atoms with Crippen molar-refractivity contribution in [1.29, 1.82) is 0 Å². The maximum Gasteiger partial charge on any atom is 0.225 e. The van der Waals surface area contributed by atoms with E-state index in [-0.39, 0.29) is 11.8 Å². The minimum absolute atomic E-state index is 0.105. The molecule has 0 aromatic heterocycles. The smallest absolute Gasteiger partial charge is 0.225 e. The number of nitrogens with zero attached hydrogens (tertiary/aromatic N) is 1. The van der Waals surface area contributed by atoms with Gasteiger partial charge in [-0.25, -0.2) is 0 Å². The molecule has 3 nitrogen and oxygen atoms in total. The number of ether oxygens (including phenoxy) is 1. The van der Waals surface area contributed by atoms with Gasteiger partial charge in [-0.1, -0.05) is 13.8 Å². The van der Waals surface area contributed by atoms with Crippen LogP contribution in [0, 0.1) is 5.92 Å². The highest BCUT2D eigenvalue weighted by Gasteiger charge is 2.20. The fraction of sp³-hybridized carbons (Fsp3) is 0.900. The molecule has 1 aliphatic rings. The summed E-state index contributed by atoms with van der Waals surface area (Å²) in [4.78, 5) is 13.5. The van der Waals surface area contributed by atoms with Crippen molar-refractivity contribution in [1.82, 2.24) is 4.90 Å². The molecule has 0 saturated carbocycles. The van der Waals surface area contributed by atoms with Crippen LogP contribution in [-0.2, 0) is 9.53 Å². The largest absolute Gasteiger partial charge is 0.377 e. The zero-order chi connectivity index (χ0) is 9.84. The van der Waals surface area contributed by atoms with Crippen molar-refractivity contribution in [3.8, 4) is 0 Å². The maximum atomic E-state index is 11.6. The van der Waals surface area contributed by atoms with Crippen molar-refractivity contribution < 1.29 is 9.53 Å². The zero-order valence-electron chi connectivity index (χ0n) is 8.75. The predicted octanol–water partition coefficient (Wildman–Crippen LogP) is 1.28. The molecule has 1 amide bonds. The van der Waals surface area contributed by atoms with E-state index in [1.165, 1.54) is 0 Å². The summed E-state index contributed by atoms with van der Waals surface area (Å²) in [6, 6.07) is 0. The highest BCUT2D eigenvalue weighted by Crippen LogP contribution is 2.09. The van der Waals surface area contributed by atoms with E-state index >= 15 is 0 Å². The number of carbonyl (C=O) groups is 1. The molecule has 0 aliphatic carbocycles. The molecule has 1 fully saturated rings. The number of carbonyl (C=O) groups excluding carboxylic acids is 1. The topological polar surface area (TPSA) is 29.5 Å². The normalized spacial score (nSPS) is 24.6. The lowest BCUT2D eigenvalue weighted by molar-refractivity contribution is -0.134. The van der Waals surface area contributed by atoms with Crippen molar-refractivity contribution in [2.24, 2.45) is 5.92 Å². The SMILES string of the molecule is CC1CCN(C(=O)C(C)C)CCO1. The van der Waals surface area contributed by atoms with E-state index in [0.717, 1.165) is 19.5 Å². The van der Waals surface area contributed by atoms with Gasteiger partial charge in [-0.3, -0.25) is 4.79 Å². The van der Waals surface area contributed by atoms with Gasteiger partial charge in [0.1, 0.15) is 0 Å². The Bertz CT molecular complexity index is 180. The number of rotatable bonds is 1. The lowest BCUT2D eigenvalue weighted by Crippen LogP contribution is -2.36. The van der Waals surface area contributed by atoms with Crippen LogP contribution in [0.3, 0.4) is 0 Å². The van der Waals surface area contributed by atoms with Crippen LogP contribution in [0.25, 0.3) is 0 Å². The second kappa shape index (κ2) is 4.61. The molecule has 0 aromatic rings. The lowest BCUT2D eigenvalue weighted by Gasteiger charge is -2.21. The highest BCUT2D eigenvalue weighted by molar-refractivity contribution is 5.78. The van der Waals surface area contributed by atoms with E-state index in [1.54, 1.807) is 0 Å². The zero-order valence-corrected chi connectivity index (χ0v) is 8.75. The van der Waals surface area contributed by atoms with E-state index in [2.05, 4.69) is 6.92 Å². The van der Waals surface area contributed by atoms with Crippen LogP contribution in [0.2, 0.25) is 0 Å². The van der Waals surface area contributed by atoms with Crippen molar-refractivity contribution in [2.45, 2.75) is 33.3 Å². The van der Waals surface area contributed by atoms with Crippen LogP contribution in [0.1, 0.15) is 27.2 Å². The summed E-state index contributed by atoms with van der Waals surface area (Å²) in [6.07, 6.45) is 1.25. The summed E-state index contributed by atoms with van der Waals surface area (Å²) in [6.45, 7) is 8.22. The molecule has 0 spiro atoms. The Balaban J connectivity index is 2.46. The molecule has 0 radical (unpaired) electrons. The van der Waals surface area contributed by atoms with Gasteiger partial charge in [0.05, 0.1) is 12.7 Å². The Labute approximate surface area is 80.1 Å². The van der Waals surface area contributed by atoms with Crippen LogP contribution in [-0.4, -0.2) is 36.6 Å². The summed E-state index contributed by atoms with van der Waals surface area (Å²) in [5.41, 5.74) is 0. The molecular weight excluding hydrogens is 166 g/mol. The molecule has 1 saturated heterocycles. The van der Waals surface area contributed by atoms with E-state index in [9.17, 15) is 4.79 Å². The monoisotopic (exact) mass is 185 g/mol. The standard InChI is InChI=1S/C10H19NO2/c1-8(2)10(12)11-5-4-9(3)13-7-6-11/h8-9H,4-7H2,1-3H3. The summed E-state index contributed by atoms with van der Waals surface area (Å²) in [7, 11) is 0. The Kier molecular flexibility index (Phi) is 3.72. The summed E-state index contributed by atoms with van der Waals surface area (Å²) < 4.78 is 5.47. The third-order valence-electron chi connectivity index (χ3n) is 2.37. The molecule has 1 atom stereocenters. The molecule has 1 aliphatic heterocycles. The number of hydrogen-bond donors (Lipinski definition) is 0. The fourth-order valence-electron chi connectivity index (χ4n) is 1.48. The summed E-state index contributed by atoms with van der Waals surface area (Å²) >= 11 is 0. The molecule has 0 N–H and O–H groups in total. The second-order valence-electron chi connectivity index (χ2n) is 3.95. The van der Waals surface area contributed by atoms with Gasteiger partial charge in [-0.2, -0.15) is 0 Å². The van der Waals surface area contributed by atoms with Crippen LogP contribution >= 0.6 is 0 Å². The first-order valence-electron chi connectivity index (χ1n) is 5.01. The highest BCUT2D eigenvalue weighted by atomic mass is 16.5. The Morgan fingerprint density at radius 2 is 2.15 bits per heavy atom. The molecule has 1 heterocycles. The minimum atomic E-state index is 0.105. The Morgan fingerprint density at radius 1 is 1.46 bits per heavy atom. The first kappa shape index (κ1) is 10.5. The van der Waals surface area contributed by atoms with Gasteiger partial charge in [0, 0.05) is 19.0 Å². The Hall–Kier alpha value is -0.570. The van der Waals surface area contributed by atoms with E-state index in [1.807, 2.05) is 18.7 Å². The molecule has 1 rings (SSSR count). The third kappa shape index (κ3) is 2.99. The first-order chi connectivity index (χ1) is 6.11. The average Bonchev–Trinajstić information content (AvgIpc) is 2.28. The van der Waals surface area contributed by atoms with Crippen LogP contribution in [0.5, 0.6) is 0 Å². The van der Waals surface area contributed by atoms with Crippen LogP contribution < -0.4 is 0 Å². The van der Waals surface area contributed by atoms with Gasteiger partial charge in [0.15, 0.2) is 0 Å². The van der Waals surface area contributed by atoms with Gasteiger partial charge in [0.25, 0.3) is 0 Å².